The minimum atomic E-state index is 0.0687. The zero-order valence-electron chi connectivity index (χ0n) is 14.8. The third-order valence-electron chi connectivity index (χ3n) is 5.00. The molecule has 0 aliphatic carbocycles. The van der Waals surface area contributed by atoms with Crippen molar-refractivity contribution in [2.45, 2.75) is 39.2 Å². The van der Waals surface area contributed by atoms with Gasteiger partial charge in [0, 0.05) is 18.5 Å². The average molecular weight is 354 g/mol. The fourth-order valence-corrected chi connectivity index (χ4v) is 4.70. The molecule has 3 aromatic rings. The summed E-state index contributed by atoms with van der Waals surface area (Å²) in [5.41, 5.74) is 3.09. The number of rotatable bonds is 3. The quantitative estimate of drug-likeness (QED) is 0.723. The molecule has 0 radical (unpaired) electrons. The van der Waals surface area contributed by atoms with Crippen molar-refractivity contribution in [2.24, 2.45) is 7.05 Å². The fraction of sp³-hybridized carbons (Fsp3) is 0.421. The molecular formula is C19H22N4OS. The van der Waals surface area contributed by atoms with Crippen LogP contribution in [0.3, 0.4) is 0 Å². The van der Waals surface area contributed by atoms with Crippen molar-refractivity contribution in [2.75, 3.05) is 6.54 Å². The van der Waals surface area contributed by atoms with Gasteiger partial charge in [-0.15, -0.1) is 11.3 Å². The maximum Gasteiger partial charge on any atom is 0.228 e. The molecule has 5 nitrogen and oxygen atoms in total. The Morgan fingerprint density at radius 2 is 2.08 bits per heavy atom. The molecule has 1 atom stereocenters. The average Bonchev–Trinajstić information content (AvgIpc) is 3.26. The number of benzene rings is 1. The van der Waals surface area contributed by atoms with E-state index in [4.69, 9.17) is 4.98 Å². The topological polar surface area (TPSA) is 51.0 Å². The second-order valence-corrected chi connectivity index (χ2v) is 7.97. The highest BCUT2D eigenvalue weighted by Crippen LogP contribution is 2.33. The van der Waals surface area contributed by atoms with Crippen molar-refractivity contribution < 1.29 is 4.79 Å². The first-order chi connectivity index (χ1) is 12.0. The molecule has 1 aliphatic rings. The highest BCUT2D eigenvalue weighted by atomic mass is 32.1. The van der Waals surface area contributed by atoms with Crippen LogP contribution in [0.1, 0.15) is 40.3 Å². The third kappa shape index (κ3) is 2.84. The number of para-hydroxylation sites is 2. The molecule has 2 aromatic heterocycles. The molecule has 0 saturated carbocycles. The fourth-order valence-electron chi connectivity index (χ4n) is 3.77. The van der Waals surface area contributed by atoms with Crippen LogP contribution in [-0.4, -0.2) is 31.9 Å². The molecule has 0 unspecified atom stereocenters. The second-order valence-electron chi connectivity index (χ2n) is 6.68. The van der Waals surface area contributed by atoms with Gasteiger partial charge in [-0.2, -0.15) is 0 Å². The van der Waals surface area contributed by atoms with E-state index in [2.05, 4.69) is 15.6 Å². The van der Waals surface area contributed by atoms with Gasteiger partial charge in [-0.25, -0.2) is 9.97 Å². The largest absolute Gasteiger partial charge is 0.332 e. The van der Waals surface area contributed by atoms with Crippen LogP contribution in [0.5, 0.6) is 0 Å². The zero-order chi connectivity index (χ0) is 17.6. The number of hydrogen-bond donors (Lipinski definition) is 0. The minimum Gasteiger partial charge on any atom is -0.332 e. The van der Waals surface area contributed by atoms with E-state index >= 15 is 0 Å². The number of carbonyl (C=O) groups is 1. The summed E-state index contributed by atoms with van der Waals surface area (Å²) in [7, 11) is 2.04. The van der Waals surface area contributed by atoms with Gasteiger partial charge in [0.2, 0.25) is 5.91 Å². The van der Waals surface area contributed by atoms with Crippen molar-refractivity contribution >= 4 is 28.3 Å². The number of likely N-dealkylation sites (tertiary alicyclic amines) is 1. The number of imidazole rings is 1. The van der Waals surface area contributed by atoms with Gasteiger partial charge in [-0.3, -0.25) is 4.79 Å². The van der Waals surface area contributed by atoms with Gasteiger partial charge in [0.25, 0.3) is 0 Å². The van der Waals surface area contributed by atoms with E-state index in [9.17, 15) is 4.79 Å². The molecule has 1 fully saturated rings. The van der Waals surface area contributed by atoms with E-state index in [-0.39, 0.29) is 11.9 Å². The first-order valence-corrected chi connectivity index (χ1v) is 9.50. The van der Waals surface area contributed by atoms with Crippen LogP contribution in [0, 0.1) is 13.8 Å². The smallest absolute Gasteiger partial charge is 0.228 e. The number of aryl methyl sites for hydroxylation is 3. The first kappa shape index (κ1) is 16.3. The van der Waals surface area contributed by atoms with Gasteiger partial charge in [0.1, 0.15) is 5.82 Å². The molecule has 0 bridgehead atoms. The maximum absolute atomic E-state index is 13.0. The van der Waals surface area contributed by atoms with E-state index in [1.54, 1.807) is 11.3 Å². The minimum absolute atomic E-state index is 0.0687. The highest BCUT2D eigenvalue weighted by molar-refractivity contribution is 7.11. The predicted molar refractivity (Wildman–Crippen MR) is 99.7 cm³/mol. The molecule has 0 N–H and O–H groups in total. The van der Waals surface area contributed by atoms with E-state index in [1.165, 1.54) is 0 Å². The Balaban J connectivity index is 1.62. The van der Waals surface area contributed by atoms with E-state index in [1.807, 2.05) is 44.0 Å². The summed E-state index contributed by atoms with van der Waals surface area (Å²) in [4.78, 5) is 25.3. The Kier molecular flexibility index (Phi) is 4.07. The van der Waals surface area contributed by atoms with Crippen LogP contribution in [0.2, 0.25) is 0 Å². The summed E-state index contributed by atoms with van der Waals surface area (Å²) in [6, 6.07) is 8.21. The van der Waals surface area contributed by atoms with Gasteiger partial charge in [0.15, 0.2) is 0 Å². The molecule has 6 heteroatoms. The molecular weight excluding hydrogens is 332 g/mol. The summed E-state index contributed by atoms with van der Waals surface area (Å²) in [5, 5.41) is 1.02. The van der Waals surface area contributed by atoms with Crippen LogP contribution in [-0.2, 0) is 18.3 Å². The summed E-state index contributed by atoms with van der Waals surface area (Å²) < 4.78 is 2.13. The van der Waals surface area contributed by atoms with Gasteiger partial charge in [-0.05, 0) is 38.8 Å². The lowest BCUT2D eigenvalue weighted by Crippen LogP contribution is -2.33. The molecule has 1 aliphatic heterocycles. The molecule has 4 rings (SSSR count). The van der Waals surface area contributed by atoms with Crippen LogP contribution in [0.15, 0.2) is 24.3 Å². The number of amides is 1. The van der Waals surface area contributed by atoms with Gasteiger partial charge in [0.05, 0.1) is 34.2 Å². The van der Waals surface area contributed by atoms with Crippen LogP contribution in [0.4, 0.5) is 0 Å². The number of thiazole rings is 1. The van der Waals surface area contributed by atoms with E-state index < -0.39 is 0 Å². The molecule has 25 heavy (non-hydrogen) atoms. The van der Waals surface area contributed by atoms with Crippen molar-refractivity contribution in [3.05, 3.63) is 45.7 Å². The number of aromatic nitrogens is 3. The molecule has 130 valence electrons. The third-order valence-corrected chi connectivity index (χ3v) is 6.08. The summed E-state index contributed by atoms with van der Waals surface area (Å²) >= 11 is 1.63. The Morgan fingerprint density at radius 1 is 1.28 bits per heavy atom. The van der Waals surface area contributed by atoms with Crippen molar-refractivity contribution in [3.63, 3.8) is 0 Å². The predicted octanol–water partition coefficient (Wildman–Crippen LogP) is 3.55. The first-order valence-electron chi connectivity index (χ1n) is 8.68. The van der Waals surface area contributed by atoms with Crippen molar-refractivity contribution in [1.29, 1.82) is 0 Å². The molecule has 1 amide bonds. The van der Waals surface area contributed by atoms with Crippen molar-refractivity contribution in [1.82, 2.24) is 19.4 Å². The SMILES string of the molecule is Cc1nc(C)c(CC(=O)N2CCC[C@H]2c2nc3ccccc3n2C)s1. The number of fused-ring (bicyclic) bond motifs is 1. The lowest BCUT2D eigenvalue weighted by Gasteiger charge is -2.24. The number of hydrogen-bond acceptors (Lipinski definition) is 4. The molecule has 1 saturated heterocycles. The van der Waals surface area contributed by atoms with Gasteiger partial charge < -0.3 is 9.47 Å². The normalized spacial score (nSPS) is 17.6. The van der Waals surface area contributed by atoms with Gasteiger partial charge >= 0.3 is 0 Å². The number of nitrogens with zero attached hydrogens (tertiary/aromatic N) is 4. The lowest BCUT2D eigenvalue weighted by molar-refractivity contribution is -0.131. The lowest BCUT2D eigenvalue weighted by atomic mass is 10.2. The van der Waals surface area contributed by atoms with Crippen molar-refractivity contribution in [3.8, 4) is 0 Å². The molecule has 3 heterocycles. The van der Waals surface area contributed by atoms with Crippen LogP contribution in [0.25, 0.3) is 11.0 Å². The van der Waals surface area contributed by atoms with Gasteiger partial charge in [-0.1, -0.05) is 12.1 Å². The highest BCUT2D eigenvalue weighted by Gasteiger charge is 2.33. The molecule has 1 aromatic carbocycles. The molecule has 0 spiro atoms. The summed E-state index contributed by atoms with van der Waals surface area (Å²) in [6.45, 7) is 4.78. The maximum atomic E-state index is 13.0. The van der Waals surface area contributed by atoms with E-state index in [0.717, 1.165) is 51.8 Å². The monoisotopic (exact) mass is 354 g/mol. The zero-order valence-corrected chi connectivity index (χ0v) is 15.6. The van der Waals surface area contributed by atoms with E-state index in [0.29, 0.717) is 6.42 Å². The number of carbonyl (C=O) groups excluding carboxylic acids is 1. The standard InChI is InChI=1S/C19H22N4OS/c1-12-17(25-13(2)20-12)11-18(24)23-10-6-9-16(23)19-21-14-7-4-5-8-15(14)22(19)3/h4-5,7-8,16H,6,9-11H2,1-3H3/t16-/m0/s1. The van der Waals surface area contributed by atoms with Crippen LogP contribution >= 0.6 is 11.3 Å². The summed E-state index contributed by atoms with van der Waals surface area (Å²) in [6.07, 6.45) is 2.45. The van der Waals surface area contributed by atoms with Crippen LogP contribution < -0.4 is 0 Å². The Labute approximate surface area is 151 Å². The second kappa shape index (κ2) is 6.26. The Hall–Kier alpha value is -2.21. The Bertz CT molecular complexity index is 942. The summed E-state index contributed by atoms with van der Waals surface area (Å²) in [5.74, 6) is 1.17. The Morgan fingerprint density at radius 3 is 2.80 bits per heavy atom.